The quantitative estimate of drug-likeness (QED) is 0.908. The van der Waals surface area contributed by atoms with Gasteiger partial charge < -0.3 is 10.6 Å². The Kier molecular flexibility index (Phi) is 3.35. The van der Waals surface area contributed by atoms with Gasteiger partial charge in [-0.25, -0.2) is 4.39 Å². The van der Waals surface area contributed by atoms with Crippen LogP contribution in [-0.2, 0) is 4.79 Å². The van der Waals surface area contributed by atoms with Crippen LogP contribution in [0.3, 0.4) is 0 Å². The minimum absolute atomic E-state index is 0.128. The molecule has 102 valence electrons. The van der Waals surface area contributed by atoms with Gasteiger partial charge in [-0.15, -0.1) is 0 Å². The fourth-order valence-corrected chi connectivity index (χ4v) is 3.32. The molecular weight excluding hydrogens is 311 g/mol. The topological polar surface area (TPSA) is 46.3 Å². The van der Waals surface area contributed by atoms with E-state index in [1.54, 1.807) is 6.07 Å². The maximum absolute atomic E-state index is 13.5. The molecule has 1 aliphatic heterocycles. The highest BCUT2D eigenvalue weighted by Crippen LogP contribution is 2.42. The number of carbonyl (C=O) groups is 1. The van der Waals surface area contributed by atoms with Crippen molar-refractivity contribution in [3.63, 3.8) is 0 Å². The zero-order chi connectivity index (χ0) is 13.6. The third kappa shape index (κ3) is 2.41. The molecule has 1 heterocycles. The van der Waals surface area contributed by atoms with Gasteiger partial charge in [0.05, 0.1) is 6.04 Å². The van der Waals surface area contributed by atoms with E-state index >= 15 is 0 Å². The van der Waals surface area contributed by atoms with Crippen molar-refractivity contribution in [1.82, 2.24) is 4.90 Å². The number of nitrogens with two attached hydrogens (primary N) is 1. The second-order valence-corrected chi connectivity index (χ2v) is 6.20. The van der Waals surface area contributed by atoms with Gasteiger partial charge in [-0.3, -0.25) is 4.79 Å². The summed E-state index contributed by atoms with van der Waals surface area (Å²) in [4.78, 5) is 14.0. The summed E-state index contributed by atoms with van der Waals surface area (Å²) in [7, 11) is 0. The molecule has 3 nitrogen and oxygen atoms in total. The molecule has 1 aromatic carbocycles. The van der Waals surface area contributed by atoms with Gasteiger partial charge in [0.2, 0.25) is 5.91 Å². The van der Waals surface area contributed by atoms with Crippen molar-refractivity contribution >= 4 is 21.8 Å². The van der Waals surface area contributed by atoms with Crippen molar-refractivity contribution in [2.45, 2.75) is 43.8 Å². The van der Waals surface area contributed by atoms with Crippen molar-refractivity contribution in [3.05, 3.63) is 34.1 Å². The molecule has 0 bridgehead atoms. The predicted octanol–water partition coefficient (Wildman–Crippen LogP) is 2.74. The van der Waals surface area contributed by atoms with Crippen LogP contribution in [0.25, 0.3) is 0 Å². The molecule has 2 N–H and O–H groups in total. The first kappa shape index (κ1) is 13.1. The molecule has 1 saturated carbocycles. The summed E-state index contributed by atoms with van der Waals surface area (Å²) in [6, 6.07) is 4.53. The Bertz CT molecular complexity index is 518. The lowest BCUT2D eigenvalue weighted by Gasteiger charge is -2.40. The van der Waals surface area contributed by atoms with Gasteiger partial charge in [0.1, 0.15) is 5.82 Å². The summed E-state index contributed by atoms with van der Waals surface area (Å²) in [5.74, 6) is -0.149. The first-order valence-electron chi connectivity index (χ1n) is 6.59. The summed E-state index contributed by atoms with van der Waals surface area (Å²) < 4.78 is 14.3. The van der Waals surface area contributed by atoms with E-state index in [-0.39, 0.29) is 23.8 Å². The summed E-state index contributed by atoms with van der Waals surface area (Å²) >= 11 is 3.45. The zero-order valence-electron chi connectivity index (χ0n) is 10.5. The van der Waals surface area contributed by atoms with Crippen LogP contribution in [0.2, 0.25) is 0 Å². The van der Waals surface area contributed by atoms with E-state index in [4.69, 9.17) is 5.73 Å². The average Bonchev–Trinajstić information content (AvgIpc) is 3.19. The van der Waals surface area contributed by atoms with Crippen LogP contribution >= 0.6 is 15.9 Å². The first-order chi connectivity index (χ1) is 9.08. The van der Waals surface area contributed by atoms with Crippen molar-refractivity contribution in [2.24, 2.45) is 5.73 Å². The Balaban J connectivity index is 2.02. The first-order valence-corrected chi connectivity index (χ1v) is 7.39. The molecule has 2 fully saturated rings. The smallest absolute Gasteiger partial charge is 0.223 e. The van der Waals surface area contributed by atoms with Crippen LogP contribution in [0.5, 0.6) is 0 Å². The van der Waals surface area contributed by atoms with Crippen LogP contribution in [0.1, 0.15) is 37.3 Å². The summed E-state index contributed by atoms with van der Waals surface area (Å²) in [6.45, 7) is 0. The largest absolute Gasteiger partial charge is 0.331 e. The number of likely N-dealkylation sites (tertiary alicyclic amines) is 1. The number of hydrogen-bond acceptors (Lipinski definition) is 2. The number of benzene rings is 1. The maximum atomic E-state index is 13.5. The molecule has 0 radical (unpaired) electrons. The molecule has 1 aromatic rings. The van der Waals surface area contributed by atoms with E-state index in [0.717, 1.165) is 22.9 Å². The molecular formula is C14H16BrFN2O. The molecule has 0 aromatic heterocycles. The number of nitrogens with zero attached hydrogens (tertiary/aromatic N) is 1. The SMILES string of the molecule is NC1CCC(=O)N(C2CC2)C1c1cc(F)ccc1Br. The lowest BCUT2D eigenvalue weighted by molar-refractivity contribution is -0.138. The lowest BCUT2D eigenvalue weighted by Crippen LogP contribution is -2.49. The Morgan fingerprint density at radius 3 is 2.74 bits per heavy atom. The molecule has 0 spiro atoms. The summed E-state index contributed by atoms with van der Waals surface area (Å²) in [5.41, 5.74) is 7.00. The zero-order valence-corrected chi connectivity index (χ0v) is 12.1. The highest BCUT2D eigenvalue weighted by atomic mass is 79.9. The number of amides is 1. The molecule has 2 atom stereocenters. The number of rotatable bonds is 2. The fraction of sp³-hybridized carbons (Fsp3) is 0.500. The van der Waals surface area contributed by atoms with E-state index in [9.17, 15) is 9.18 Å². The van der Waals surface area contributed by atoms with Crippen molar-refractivity contribution in [1.29, 1.82) is 0 Å². The van der Waals surface area contributed by atoms with Crippen LogP contribution in [0.15, 0.2) is 22.7 Å². The van der Waals surface area contributed by atoms with Crippen LogP contribution in [0.4, 0.5) is 4.39 Å². The highest BCUT2D eigenvalue weighted by Gasteiger charge is 2.43. The van der Waals surface area contributed by atoms with E-state index in [2.05, 4.69) is 15.9 Å². The number of piperidine rings is 1. The maximum Gasteiger partial charge on any atom is 0.223 e. The van der Waals surface area contributed by atoms with Crippen LogP contribution in [-0.4, -0.2) is 22.9 Å². The number of hydrogen-bond donors (Lipinski definition) is 1. The standard InChI is InChI=1S/C14H16BrFN2O/c15-11-4-1-8(16)7-10(11)14-12(17)5-6-13(19)18(14)9-2-3-9/h1,4,7,9,12,14H,2-3,5-6,17H2. The van der Waals surface area contributed by atoms with Crippen molar-refractivity contribution in [3.8, 4) is 0 Å². The molecule has 1 amide bonds. The van der Waals surface area contributed by atoms with Crippen LogP contribution in [0, 0.1) is 5.82 Å². The third-order valence-corrected chi connectivity index (χ3v) is 4.62. The molecule has 5 heteroatoms. The second-order valence-electron chi connectivity index (χ2n) is 5.35. The van der Waals surface area contributed by atoms with Crippen LogP contribution < -0.4 is 5.73 Å². The van der Waals surface area contributed by atoms with Crippen molar-refractivity contribution in [2.75, 3.05) is 0 Å². The third-order valence-electron chi connectivity index (χ3n) is 3.90. The number of halogens is 2. The minimum atomic E-state index is -0.292. The normalized spacial score (nSPS) is 27.7. The van der Waals surface area contributed by atoms with Gasteiger partial charge in [-0.2, -0.15) is 0 Å². The van der Waals surface area contributed by atoms with Gasteiger partial charge in [-0.1, -0.05) is 15.9 Å². The van der Waals surface area contributed by atoms with Gasteiger partial charge in [0.15, 0.2) is 0 Å². The van der Waals surface area contributed by atoms with E-state index < -0.39 is 0 Å². The predicted molar refractivity (Wildman–Crippen MR) is 73.9 cm³/mol. The second kappa shape index (κ2) is 4.87. The van der Waals surface area contributed by atoms with Gasteiger partial charge in [0.25, 0.3) is 0 Å². The molecule has 19 heavy (non-hydrogen) atoms. The van der Waals surface area contributed by atoms with Gasteiger partial charge >= 0.3 is 0 Å². The summed E-state index contributed by atoms with van der Waals surface area (Å²) in [6.07, 6.45) is 3.22. The van der Waals surface area contributed by atoms with Gasteiger partial charge in [-0.05, 0) is 43.0 Å². The Labute approximate surface area is 120 Å². The van der Waals surface area contributed by atoms with E-state index in [1.807, 2.05) is 4.90 Å². The molecule has 1 aliphatic carbocycles. The van der Waals surface area contributed by atoms with E-state index in [1.165, 1.54) is 12.1 Å². The average molecular weight is 327 g/mol. The number of carbonyl (C=O) groups excluding carboxylic acids is 1. The molecule has 3 rings (SSSR count). The molecule has 2 unspecified atom stereocenters. The minimum Gasteiger partial charge on any atom is -0.331 e. The fourth-order valence-electron chi connectivity index (χ4n) is 2.84. The Hall–Kier alpha value is -0.940. The molecule has 1 saturated heterocycles. The van der Waals surface area contributed by atoms with Gasteiger partial charge in [0, 0.05) is 23.0 Å². The lowest BCUT2D eigenvalue weighted by atomic mass is 9.90. The van der Waals surface area contributed by atoms with E-state index in [0.29, 0.717) is 18.9 Å². The Morgan fingerprint density at radius 2 is 2.05 bits per heavy atom. The Morgan fingerprint density at radius 1 is 1.32 bits per heavy atom. The highest BCUT2D eigenvalue weighted by molar-refractivity contribution is 9.10. The summed E-state index contributed by atoms with van der Waals surface area (Å²) in [5, 5.41) is 0. The van der Waals surface area contributed by atoms with Crippen molar-refractivity contribution < 1.29 is 9.18 Å². The monoisotopic (exact) mass is 326 g/mol. The molecule has 2 aliphatic rings.